The van der Waals surface area contributed by atoms with E-state index in [4.69, 9.17) is 15.6 Å². The molecule has 0 spiro atoms. The van der Waals surface area contributed by atoms with Gasteiger partial charge in [-0.3, -0.25) is 5.32 Å². The van der Waals surface area contributed by atoms with E-state index in [1.807, 2.05) is 19.9 Å². The molecule has 35 heavy (non-hydrogen) atoms. The van der Waals surface area contributed by atoms with Gasteiger partial charge < -0.3 is 26.2 Å². The lowest BCUT2D eigenvalue weighted by molar-refractivity contribution is 0.209. The van der Waals surface area contributed by atoms with Crippen LogP contribution in [-0.2, 0) is 0 Å². The Morgan fingerprint density at radius 3 is 2.51 bits per heavy atom. The van der Waals surface area contributed by atoms with Gasteiger partial charge in [-0.05, 0) is 55.9 Å². The number of nitrogens with one attached hydrogen (secondary N) is 3. The number of pyridine rings is 2. The predicted octanol–water partition coefficient (Wildman–Crippen LogP) is 4.78. The second kappa shape index (κ2) is 12.4. The molecule has 1 amide bonds. The van der Waals surface area contributed by atoms with Crippen LogP contribution in [0.4, 0.5) is 30.3 Å². The first-order valence-corrected chi connectivity index (χ1v) is 11.4. The Morgan fingerprint density at radius 2 is 1.89 bits per heavy atom. The van der Waals surface area contributed by atoms with Crippen molar-refractivity contribution in [1.29, 1.82) is 0 Å². The first-order valence-electron chi connectivity index (χ1n) is 11.1. The largest absolute Gasteiger partial charge is 0.474 e. The van der Waals surface area contributed by atoms with Crippen LogP contribution >= 0.6 is 13.0 Å². The van der Waals surface area contributed by atoms with E-state index in [9.17, 15) is 13.1 Å². The van der Waals surface area contributed by atoms with Crippen molar-refractivity contribution >= 4 is 47.1 Å². The molecule has 0 atom stereocenters. The number of benzene rings is 1. The zero-order valence-electron chi connectivity index (χ0n) is 19.2. The minimum absolute atomic E-state index is 0.0572. The van der Waals surface area contributed by atoms with Crippen molar-refractivity contribution in [3.63, 3.8) is 0 Å². The number of nitrogens with two attached hydrogens (primary N) is 1. The third-order valence-corrected chi connectivity index (χ3v) is 5.68. The number of rotatable bonds is 2. The van der Waals surface area contributed by atoms with E-state index in [2.05, 4.69) is 25.9 Å². The number of halogens is 2. The molecule has 3 aromatic rings. The van der Waals surface area contributed by atoms with Crippen LogP contribution in [0, 0.1) is 12.7 Å². The number of ether oxygens (including phenoxy) is 1. The van der Waals surface area contributed by atoms with Crippen LogP contribution in [0.25, 0.3) is 21.9 Å². The van der Waals surface area contributed by atoms with Gasteiger partial charge in [0.2, 0.25) is 5.88 Å². The number of nitrogens with zero attached hydrogens (tertiary/aromatic N) is 2. The van der Waals surface area contributed by atoms with Crippen LogP contribution in [0.3, 0.4) is 0 Å². The van der Waals surface area contributed by atoms with Crippen LogP contribution in [0.1, 0.15) is 24.8 Å². The van der Waals surface area contributed by atoms with Gasteiger partial charge in [0.05, 0.1) is 5.69 Å². The second-order valence-corrected chi connectivity index (χ2v) is 7.94. The average molecular weight is 507 g/mol. The number of thiol groups is 1. The predicted molar refractivity (Wildman–Crippen MR) is 137 cm³/mol. The highest BCUT2D eigenvalue weighted by Gasteiger charge is 2.21. The molecule has 6 N–H and O–H groups in total. The van der Waals surface area contributed by atoms with Crippen molar-refractivity contribution in [2.24, 2.45) is 0 Å². The van der Waals surface area contributed by atoms with Gasteiger partial charge in [-0.25, -0.2) is 19.2 Å². The lowest BCUT2D eigenvalue weighted by Crippen LogP contribution is -2.21. The van der Waals surface area contributed by atoms with Crippen molar-refractivity contribution in [3.05, 3.63) is 35.9 Å². The van der Waals surface area contributed by atoms with Gasteiger partial charge in [-0.2, -0.15) is 3.89 Å². The molecule has 5 rings (SSSR count). The number of carbonyl (C=O) groups is 1. The summed E-state index contributed by atoms with van der Waals surface area (Å²) >= 11 is 2.03. The molecule has 0 saturated carbocycles. The zero-order chi connectivity index (χ0) is 25.4. The topological polar surface area (TPSA) is 134 Å². The maximum absolute atomic E-state index is 15.0. The van der Waals surface area contributed by atoms with Crippen LogP contribution in [0.2, 0.25) is 0 Å². The van der Waals surface area contributed by atoms with Gasteiger partial charge in [-0.15, -0.1) is 0 Å². The standard InChI is InChI=1S/C18H16FN5O3.C5H11N.FHS/c1-8-11(6-23-17-16(8)21-2-3-27-17)10-4-9-5-13(24-18(25)26)22-7-12(9)15(20)14(10)19;1-2-4-6-5-3-1;1-2/h4-7,21H,2-3,20H2,1H3,(H,22,24)(H,25,26);6H,1-5H2;2H. The smallest absolute Gasteiger partial charge is 0.410 e. The third-order valence-electron chi connectivity index (χ3n) is 5.68. The summed E-state index contributed by atoms with van der Waals surface area (Å²) in [5.41, 5.74) is 8.28. The molecule has 1 saturated heterocycles. The van der Waals surface area contributed by atoms with Gasteiger partial charge in [0.15, 0.2) is 5.82 Å². The Balaban J connectivity index is 0.000000369. The van der Waals surface area contributed by atoms with Crippen LogP contribution in [-0.4, -0.2) is 47.4 Å². The molecule has 1 aromatic carbocycles. The number of piperidine rings is 1. The molecule has 2 aliphatic rings. The minimum atomic E-state index is -1.24. The Bertz CT molecular complexity index is 1180. The van der Waals surface area contributed by atoms with E-state index < -0.39 is 11.9 Å². The molecule has 0 unspecified atom stereocenters. The fourth-order valence-corrected chi connectivity index (χ4v) is 3.97. The monoisotopic (exact) mass is 506 g/mol. The lowest BCUT2D eigenvalue weighted by Gasteiger charge is -2.22. The molecular weight excluding hydrogens is 478 g/mol. The molecule has 0 bridgehead atoms. The fourth-order valence-electron chi connectivity index (χ4n) is 3.97. The van der Waals surface area contributed by atoms with Gasteiger partial charge >= 0.3 is 6.09 Å². The van der Waals surface area contributed by atoms with E-state index in [1.54, 1.807) is 12.3 Å². The Labute approximate surface area is 207 Å². The van der Waals surface area contributed by atoms with Crippen LogP contribution in [0.5, 0.6) is 5.88 Å². The number of anilines is 3. The second-order valence-electron chi connectivity index (χ2n) is 7.94. The van der Waals surface area contributed by atoms with Crippen LogP contribution < -0.4 is 26.4 Å². The van der Waals surface area contributed by atoms with Crippen molar-refractivity contribution in [1.82, 2.24) is 15.3 Å². The molecule has 0 radical (unpaired) electrons. The van der Waals surface area contributed by atoms with Crippen molar-refractivity contribution in [2.75, 3.05) is 42.6 Å². The zero-order valence-corrected chi connectivity index (χ0v) is 20.1. The van der Waals surface area contributed by atoms with Crippen LogP contribution in [0.15, 0.2) is 24.5 Å². The fraction of sp³-hybridized carbons (Fsp3) is 0.348. The van der Waals surface area contributed by atoms with Crippen molar-refractivity contribution in [3.8, 4) is 17.0 Å². The molecular formula is C23H28F2N6O3S. The maximum atomic E-state index is 15.0. The minimum Gasteiger partial charge on any atom is -0.474 e. The SMILES string of the molecule is C1CCNCC1.Cc1c(-c2cc3cc(NC(=O)O)ncc3c(N)c2F)cnc2c1NCCO2.FS. The highest BCUT2D eigenvalue weighted by Crippen LogP contribution is 2.39. The van der Waals surface area contributed by atoms with Crippen molar-refractivity contribution < 1.29 is 22.9 Å². The summed E-state index contributed by atoms with van der Waals surface area (Å²) in [6.07, 6.45) is 5.86. The first kappa shape index (κ1) is 26.2. The highest BCUT2D eigenvalue weighted by molar-refractivity contribution is 7.74. The van der Waals surface area contributed by atoms with E-state index in [0.29, 0.717) is 35.4 Å². The van der Waals surface area contributed by atoms with E-state index in [-0.39, 0.29) is 17.1 Å². The van der Waals surface area contributed by atoms with Gasteiger partial charge in [0.1, 0.15) is 18.1 Å². The maximum Gasteiger partial charge on any atom is 0.410 e. The average Bonchev–Trinajstić information content (AvgIpc) is 2.89. The molecule has 9 nitrogen and oxygen atoms in total. The van der Waals surface area contributed by atoms with Gasteiger partial charge in [-0.1, -0.05) is 6.42 Å². The number of aromatic nitrogens is 2. The number of fused-ring (bicyclic) bond motifs is 2. The summed E-state index contributed by atoms with van der Waals surface area (Å²) in [6.45, 7) is 5.50. The third kappa shape index (κ3) is 6.20. The molecule has 2 aromatic heterocycles. The summed E-state index contributed by atoms with van der Waals surface area (Å²) in [6, 6.07) is 3.11. The molecule has 12 heteroatoms. The summed E-state index contributed by atoms with van der Waals surface area (Å²) < 4.78 is 29.7. The Kier molecular flexibility index (Phi) is 9.26. The number of nitrogen functional groups attached to an aromatic ring is 1. The summed E-state index contributed by atoms with van der Waals surface area (Å²) in [4.78, 5) is 19.1. The Hall–Kier alpha value is -3.38. The quantitative estimate of drug-likeness (QED) is 0.216. The number of amides is 1. The first-order chi connectivity index (χ1) is 17.0. The molecule has 1 fully saturated rings. The Morgan fingerprint density at radius 1 is 1.14 bits per heavy atom. The van der Waals surface area contributed by atoms with Gasteiger partial charge in [0.25, 0.3) is 0 Å². The molecule has 188 valence electrons. The van der Waals surface area contributed by atoms with Gasteiger partial charge in [0, 0.05) is 48.5 Å². The molecule has 4 heterocycles. The molecule has 0 aliphatic carbocycles. The number of hydrogen-bond acceptors (Lipinski definition) is 8. The van der Waals surface area contributed by atoms with E-state index in [0.717, 1.165) is 11.3 Å². The number of carboxylic acid groups (broad SMARTS) is 1. The normalized spacial score (nSPS) is 14.2. The highest BCUT2D eigenvalue weighted by atomic mass is 32.1. The van der Waals surface area contributed by atoms with Crippen molar-refractivity contribution in [2.45, 2.75) is 26.2 Å². The summed E-state index contributed by atoms with van der Waals surface area (Å²) in [7, 11) is 0. The lowest BCUT2D eigenvalue weighted by atomic mass is 9.97. The summed E-state index contributed by atoms with van der Waals surface area (Å²) in [5, 5.41) is 18.5. The van der Waals surface area contributed by atoms with E-state index >= 15 is 0 Å². The van der Waals surface area contributed by atoms with E-state index in [1.165, 1.54) is 44.6 Å². The summed E-state index contributed by atoms with van der Waals surface area (Å²) in [5.74, 6) is 0.0287. The number of hydrogen-bond donors (Lipinski definition) is 6. The molecule has 2 aliphatic heterocycles.